The van der Waals surface area contributed by atoms with Gasteiger partial charge in [0.1, 0.15) is 5.78 Å². The van der Waals surface area contributed by atoms with Gasteiger partial charge in [-0.25, -0.2) is 4.79 Å². The molecule has 6 nitrogen and oxygen atoms in total. The van der Waals surface area contributed by atoms with Crippen LogP contribution in [0.2, 0.25) is 0 Å². The Kier molecular flexibility index (Phi) is 4.93. The summed E-state index contributed by atoms with van der Waals surface area (Å²) in [7, 11) is 1.08. The molecule has 0 rings (SSSR count). The number of aliphatic carboxylic acids is 1. The van der Waals surface area contributed by atoms with Gasteiger partial charge in [0.05, 0.1) is 13.5 Å². The first kappa shape index (κ1) is 13.6. The average molecular weight is 218 g/mol. The molecule has 1 atom stereocenters. The molecule has 0 aromatic rings. The third-order valence-electron chi connectivity index (χ3n) is 1.95. The van der Waals surface area contributed by atoms with Crippen molar-refractivity contribution in [3.8, 4) is 0 Å². The fourth-order valence-electron chi connectivity index (χ4n) is 0.976. The summed E-state index contributed by atoms with van der Waals surface area (Å²) < 4.78 is 4.24. The third kappa shape index (κ3) is 4.07. The highest BCUT2D eigenvalue weighted by atomic mass is 16.5. The van der Waals surface area contributed by atoms with E-state index < -0.39 is 36.2 Å². The van der Waals surface area contributed by atoms with Crippen LogP contribution in [0.4, 0.5) is 0 Å². The highest BCUT2D eigenvalue weighted by molar-refractivity contribution is 5.91. The fourth-order valence-corrected chi connectivity index (χ4v) is 0.976. The number of hydrogen-bond acceptors (Lipinski definition) is 5. The second-order valence-corrected chi connectivity index (χ2v) is 3.16. The average Bonchev–Trinajstić information content (AvgIpc) is 2.16. The molecule has 0 amide bonds. The van der Waals surface area contributed by atoms with E-state index in [-0.39, 0.29) is 6.42 Å². The molecule has 15 heavy (non-hydrogen) atoms. The first-order valence-corrected chi connectivity index (χ1v) is 4.40. The van der Waals surface area contributed by atoms with Crippen molar-refractivity contribution >= 4 is 17.7 Å². The summed E-state index contributed by atoms with van der Waals surface area (Å²) in [5.41, 5.74) is -2.36. The lowest BCUT2D eigenvalue weighted by molar-refractivity contribution is -0.168. The zero-order valence-electron chi connectivity index (χ0n) is 8.65. The van der Waals surface area contributed by atoms with Gasteiger partial charge in [0.2, 0.25) is 0 Å². The molecule has 6 heteroatoms. The molecule has 0 saturated carbocycles. The number of carbonyl (C=O) groups excluding carboxylic acids is 2. The summed E-state index contributed by atoms with van der Waals surface area (Å²) >= 11 is 0. The van der Waals surface area contributed by atoms with Crippen molar-refractivity contribution in [1.82, 2.24) is 0 Å². The number of esters is 1. The van der Waals surface area contributed by atoms with E-state index in [1.165, 1.54) is 0 Å². The van der Waals surface area contributed by atoms with Crippen LogP contribution in [-0.2, 0) is 19.1 Å². The molecular weight excluding hydrogens is 204 g/mol. The van der Waals surface area contributed by atoms with Crippen LogP contribution in [0, 0.1) is 0 Å². The second kappa shape index (κ2) is 5.45. The number of aliphatic hydroxyl groups is 1. The SMILES string of the molecule is CCC(=O)CC(O)(CC(=O)OC)C(=O)O. The Morgan fingerprint density at radius 3 is 2.13 bits per heavy atom. The van der Waals surface area contributed by atoms with Crippen LogP contribution >= 0.6 is 0 Å². The van der Waals surface area contributed by atoms with E-state index >= 15 is 0 Å². The van der Waals surface area contributed by atoms with Gasteiger partial charge < -0.3 is 14.9 Å². The standard InChI is InChI=1S/C9H14O6/c1-3-6(10)4-9(14,8(12)13)5-7(11)15-2/h14H,3-5H2,1-2H3,(H,12,13). The van der Waals surface area contributed by atoms with Crippen LogP contribution in [0.15, 0.2) is 0 Å². The van der Waals surface area contributed by atoms with Crippen LogP contribution in [-0.4, -0.2) is 40.6 Å². The number of carbonyl (C=O) groups is 3. The van der Waals surface area contributed by atoms with Gasteiger partial charge in [-0.05, 0) is 0 Å². The van der Waals surface area contributed by atoms with E-state index in [4.69, 9.17) is 5.11 Å². The van der Waals surface area contributed by atoms with Gasteiger partial charge in [-0.15, -0.1) is 0 Å². The minimum absolute atomic E-state index is 0.108. The van der Waals surface area contributed by atoms with E-state index in [1.807, 2.05) is 0 Å². The van der Waals surface area contributed by atoms with Gasteiger partial charge in [-0.1, -0.05) is 6.92 Å². The molecule has 0 aliphatic rings. The normalized spacial score (nSPS) is 14.1. The van der Waals surface area contributed by atoms with E-state index in [0.29, 0.717) is 0 Å². The third-order valence-corrected chi connectivity index (χ3v) is 1.95. The predicted molar refractivity (Wildman–Crippen MR) is 49.1 cm³/mol. The molecule has 86 valence electrons. The quantitative estimate of drug-likeness (QED) is 0.595. The summed E-state index contributed by atoms with van der Waals surface area (Å²) in [4.78, 5) is 32.6. The van der Waals surface area contributed by atoms with Crippen molar-refractivity contribution in [3.05, 3.63) is 0 Å². The van der Waals surface area contributed by atoms with Crippen molar-refractivity contribution < 1.29 is 29.3 Å². The molecular formula is C9H14O6. The van der Waals surface area contributed by atoms with Crippen LogP contribution in [0.5, 0.6) is 0 Å². The Balaban J connectivity index is 4.67. The van der Waals surface area contributed by atoms with Gasteiger partial charge >= 0.3 is 11.9 Å². The van der Waals surface area contributed by atoms with Gasteiger partial charge in [-0.2, -0.15) is 0 Å². The Bertz CT molecular complexity index is 252. The van der Waals surface area contributed by atoms with Crippen molar-refractivity contribution in [2.24, 2.45) is 0 Å². The first-order chi connectivity index (χ1) is 6.85. The number of ether oxygens (including phenoxy) is 1. The maximum absolute atomic E-state index is 11.0. The predicted octanol–water partition coefficient (Wildman–Crippen LogP) is -0.266. The zero-order valence-corrected chi connectivity index (χ0v) is 8.65. The largest absolute Gasteiger partial charge is 0.479 e. The van der Waals surface area contributed by atoms with Gasteiger partial charge in [-0.3, -0.25) is 9.59 Å². The Hall–Kier alpha value is -1.43. The number of Topliss-reactive ketones (excluding diaryl/α,β-unsaturated/α-hetero) is 1. The number of hydrogen-bond donors (Lipinski definition) is 2. The lowest BCUT2D eigenvalue weighted by Crippen LogP contribution is -2.42. The molecule has 0 aromatic heterocycles. The van der Waals surface area contributed by atoms with Crippen molar-refractivity contribution in [3.63, 3.8) is 0 Å². The molecule has 0 saturated heterocycles. The molecule has 0 aliphatic heterocycles. The first-order valence-electron chi connectivity index (χ1n) is 4.40. The van der Waals surface area contributed by atoms with E-state index in [9.17, 15) is 19.5 Å². The molecule has 0 fully saturated rings. The topological polar surface area (TPSA) is 101 Å². The minimum Gasteiger partial charge on any atom is -0.479 e. The smallest absolute Gasteiger partial charge is 0.336 e. The van der Waals surface area contributed by atoms with Crippen LogP contribution in [0.1, 0.15) is 26.2 Å². The molecule has 0 bridgehead atoms. The summed E-state index contributed by atoms with van der Waals surface area (Å²) in [5.74, 6) is -2.90. The number of carboxylic acid groups (broad SMARTS) is 1. The van der Waals surface area contributed by atoms with Gasteiger partial charge in [0, 0.05) is 12.8 Å². The van der Waals surface area contributed by atoms with Crippen LogP contribution in [0.25, 0.3) is 0 Å². The molecule has 0 aromatic carbocycles. The summed E-state index contributed by atoms with van der Waals surface area (Å²) in [6.45, 7) is 1.54. The minimum atomic E-state index is -2.36. The highest BCUT2D eigenvalue weighted by Crippen LogP contribution is 2.18. The van der Waals surface area contributed by atoms with Crippen molar-refractivity contribution in [2.75, 3.05) is 7.11 Å². The summed E-state index contributed by atoms with van der Waals surface area (Å²) in [5, 5.41) is 18.3. The maximum Gasteiger partial charge on any atom is 0.336 e. The number of carboxylic acids is 1. The molecule has 1 unspecified atom stereocenters. The number of methoxy groups -OCH3 is 1. The summed E-state index contributed by atoms with van der Waals surface area (Å²) in [6, 6.07) is 0. The lowest BCUT2D eigenvalue weighted by Gasteiger charge is -2.20. The summed E-state index contributed by atoms with van der Waals surface area (Å²) in [6.07, 6.45) is -1.21. The lowest BCUT2D eigenvalue weighted by atomic mass is 9.92. The van der Waals surface area contributed by atoms with Crippen LogP contribution < -0.4 is 0 Å². The Morgan fingerprint density at radius 2 is 1.80 bits per heavy atom. The van der Waals surface area contributed by atoms with Gasteiger partial charge in [0.15, 0.2) is 5.60 Å². The highest BCUT2D eigenvalue weighted by Gasteiger charge is 2.40. The number of ketones is 1. The zero-order chi connectivity index (χ0) is 12.1. The Labute approximate surface area is 86.8 Å². The number of rotatable bonds is 6. The van der Waals surface area contributed by atoms with Gasteiger partial charge in [0.25, 0.3) is 0 Å². The molecule has 0 spiro atoms. The van der Waals surface area contributed by atoms with Crippen molar-refractivity contribution in [2.45, 2.75) is 31.8 Å². The van der Waals surface area contributed by atoms with Crippen molar-refractivity contribution in [1.29, 1.82) is 0 Å². The molecule has 0 aliphatic carbocycles. The Morgan fingerprint density at radius 1 is 1.27 bits per heavy atom. The second-order valence-electron chi connectivity index (χ2n) is 3.16. The molecule has 0 heterocycles. The van der Waals surface area contributed by atoms with E-state index in [0.717, 1.165) is 7.11 Å². The monoisotopic (exact) mass is 218 g/mol. The fraction of sp³-hybridized carbons (Fsp3) is 0.667. The van der Waals surface area contributed by atoms with E-state index in [2.05, 4.69) is 4.74 Å². The van der Waals surface area contributed by atoms with Crippen LogP contribution in [0.3, 0.4) is 0 Å². The molecule has 2 N–H and O–H groups in total. The molecule has 0 radical (unpaired) electrons. The van der Waals surface area contributed by atoms with E-state index in [1.54, 1.807) is 6.92 Å². The maximum atomic E-state index is 11.0.